The Kier molecular flexibility index (Phi) is 4.27. The first kappa shape index (κ1) is 14.4. The lowest BCUT2D eigenvalue weighted by Gasteiger charge is -2.30. The van der Waals surface area contributed by atoms with Gasteiger partial charge in [-0.05, 0) is 23.5 Å². The number of hydrogen-bond donors (Lipinski definition) is 2. The van der Waals surface area contributed by atoms with Crippen molar-refractivity contribution < 1.29 is 14.7 Å². The number of rotatable bonds is 3. The van der Waals surface area contributed by atoms with Gasteiger partial charge >= 0.3 is 12.0 Å². The van der Waals surface area contributed by atoms with Crippen LogP contribution < -0.4 is 5.32 Å². The Bertz CT molecular complexity index is 514. The van der Waals surface area contributed by atoms with E-state index in [-0.39, 0.29) is 11.9 Å². The lowest BCUT2D eigenvalue weighted by Crippen LogP contribution is -2.51. The second-order valence-corrected chi connectivity index (χ2v) is 5.45. The maximum absolute atomic E-state index is 12.2. The van der Waals surface area contributed by atoms with Crippen LogP contribution in [0.1, 0.15) is 25.0 Å². The molecule has 1 heterocycles. The molecule has 2 rings (SSSR count). The van der Waals surface area contributed by atoms with Gasteiger partial charge < -0.3 is 15.3 Å². The minimum Gasteiger partial charge on any atom is -0.480 e. The van der Waals surface area contributed by atoms with E-state index in [4.69, 9.17) is 5.11 Å². The van der Waals surface area contributed by atoms with E-state index < -0.39 is 12.0 Å². The molecule has 0 fully saturated rings. The van der Waals surface area contributed by atoms with Gasteiger partial charge in [-0.3, -0.25) is 0 Å². The van der Waals surface area contributed by atoms with Crippen LogP contribution in [0.15, 0.2) is 24.3 Å². The zero-order valence-corrected chi connectivity index (χ0v) is 11.8. The number of carbonyl (C=O) groups is 2. The summed E-state index contributed by atoms with van der Waals surface area (Å²) < 4.78 is 0. The zero-order valence-electron chi connectivity index (χ0n) is 11.8. The maximum Gasteiger partial charge on any atom is 0.326 e. The lowest BCUT2D eigenvalue weighted by atomic mass is 10.00. The van der Waals surface area contributed by atoms with Gasteiger partial charge in [0.15, 0.2) is 0 Å². The molecule has 20 heavy (non-hydrogen) atoms. The molecule has 0 unspecified atom stereocenters. The number of carboxylic acid groups (broad SMARTS) is 1. The fourth-order valence-electron chi connectivity index (χ4n) is 2.41. The number of aliphatic carboxylic acids is 1. The van der Waals surface area contributed by atoms with Crippen LogP contribution in [0.25, 0.3) is 0 Å². The number of carboxylic acids is 1. The second-order valence-electron chi connectivity index (χ2n) is 5.45. The SMILES string of the molecule is CC(C)[C@@H](NC(=O)N1CCc2ccccc2C1)C(=O)O. The highest BCUT2D eigenvalue weighted by atomic mass is 16.4. The van der Waals surface area contributed by atoms with E-state index in [0.717, 1.165) is 12.0 Å². The Morgan fingerprint density at radius 2 is 1.90 bits per heavy atom. The summed E-state index contributed by atoms with van der Waals surface area (Å²) in [5.74, 6) is -1.14. The third-order valence-corrected chi connectivity index (χ3v) is 3.63. The van der Waals surface area contributed by atoms with Crippen LogP contribution in [0, 0.1) is 5.92 Å². The average Bonchev–Trinajstić information content (AvgIpc) is 2.43. The third kappa shape index (κ3) is 3.10. The molecule has 5 nitrogen and oxygen atoms in total. The Labute approximate surface area is 118 Å². The van der Waals surface area contributed by atoms with Crippen LogP contribution in [-0.4, -0.2) is 34.6 Å². The van der Waals surface area contributed by atoms with Crippen LogP contribution in [0.5, 0.6) is 0 Å². The highest BCUT2D eigenvalue weighted by Gasteiger charge is 2.27. The van der Waals surface area contributed by atoms with Crippen LogP contribution in [-0.2, 0) is 17.8 Å². The molecule has 0 aromatic heterocycles. The van der Waals surface area contributed by atoms with Gasteiger partial charge in [0.1, 0.15) is 6.04 Å². The van der Waals surface area contributed by atoms with Crippen molar-refractivity contribution in [3.05, 3.63) is 35.4 Å². The van der Waals surface area contributed by atoms with Gasteiger partial charge in [0, 0.05) is 13.1 Å². The van der Waals surface area contributed by atoms with Crippen molar-refractivity contribution in [2.24, 2.45) is 5.92 Å². The largest absolute Gasteiger partial charge is 0.480 e. The second kappa shape index (κ2) is 5.94. The fourth-order valence-corrected chi connectivity index (χ4v) is 2.41. The summed E-state index contributed by atoms with van der Waals surface area (Å²) in [6.45, 7) is 4.72. The molecule has 1 aliphatic heterocycles. The van der Waals surface area contributed by atoms with Crippen LogP contribution in [0.4, 0.5) is 4.79 Å². The van der Waals surface area contributed by atoms with Gasteiger partial charge in [0.2, 0.25) is 0 Å². The molecular weight excluding hydrogens is 256 g/mol. The molecule has 2 N–H and O–H groups in total. The number of nitrogens with zero attached hydrogens (tertiary/aromatic N) is 1. The molecule has 108 valence electrons. The molecule has 5 heteroatoms. The summed E-state index contributed by atoms with van der Waals surface area (Å²) in [7, 11) is 0. The number of urea groups is 1. The highest BCUT2D eigenvalue weighted by molar-refractivity contribution is 5.82. The summed E-state index contributed by atoms with van der Waals surface area (Å²) in [4.78, 5) is 25.0. The van der Waals surface area contributed by atoms with E-state index >= 15 is 0 Å². The molecule has 0 bridgehead atoms. The third-order valence-electron chi connectivity index (χ3n) is 3.63. The number of hydrogen-bond acceptors (Lipinski definition) is 2. The first-order valence-corrected chi connectivity index (χ1v) is 6.84. The van der Waals surface area contributed by atoms with Crippen molar-refractivity contribution in [2.75, 3.05) is 6.54 Å². The Morgan fingerprint density at radius 1 is 1.25 bits per heavy atom. The zero-order chi connectivity index (χ0) is 14.7. The smallest absolute Gasteiger partial charge is 0.326 e. The van der Waals surface area contributed by atoms with E-state index in [1.54, 1.807) is 18.7 Å². The first-order chi connectivity index (χ1) is 9.49. The predicted octanol–water partition coefficient (Wildman–Crippen LogP) is 1.86. The van der Waals surface area contributed by atoms with E-state index in [2.05, 4.69) is 11.4 Å². The normalized spacial score (nSPS) is 15.7. The van der Waals surface area contributed by atoms with Crippen molar-refractivity contribution in [3.63, 3.8) is 0 Å². The van der Waals surface area contributed by atoms with Crippen LogP contribution >= 0.6 is 0 Å². The topological polar surface area (TPSA) is 69.6 Å². The summed E-state index contributed by atoms with van der Waals surface area (Å²) in [5.41, 5.74) is 2.39. The minimum absolute atomic E-state index is 0.145. The van der Waals surface area contributed by atoms with Gasteiger partial charge in [-0.15, -0.1) is 0 Å². The van der Waals surface area contributed by atoms with E-state index in [1.807, 2.05) is 18.2 Å². The molecular formula is C15H20N2O3. The molecule has 1 aromatic carbocycles. The number of benzene rings is 1. The lowest BCUT2D eigenvalue weighted by molar-refractivity contribution is -0.140. The Balaban J connectivity index is 2.03. The minimum atomic E-state index is -0.995. The predicted molar refractivity (Wildman–Crippen MR) is 75.3 cm³/mol. The van der Waals surface area contributed by atoms with Gasteiger partial charge in [-0.1, -0.05) is 38.1 Å². The molecule has 1 aromatic rings. The number of carbonyl (C=O) groups excluding carboxylic acids is 1. The average molecular weight is 276 g/mol. The van der Waals surface area contributed by atoms with E-state index in [9.17, 15) is 9.59 Å². The van der Waals surface area contributed by atoms with Crippen molar-refractivity contribution >= 4 is 12.0 Å². The number of fused-ring (bicyclic) bond motifs is 1. The van der Waals surface area contributed by atoms with Gasteiger partial charge in [-0.2, -0.15) is 0 Å². The van der Waals surface area contributed by atoms with Crippen molar-refractivity contribution in [1.82, 2.24) is 10.2 Å². The molecule has 1 aliphatic rings. The van der Waals surface area contributed by atoms with Crippen molar-refractivity contribution in [2.45, 2.75) is 32.9 Å². The molecule has 1 atom stereocenters. The highest BCUT2D eigenvalue weighted by Crippen LogP contribution is 2.18. The fraction of sp³-hybridized carbons (Fsp3) is 0.467. The van der Waals surface area contributed by atoms with E-state index in [0.29, 0.717) is 13.1 Å². The van der Waals surface area contributed by atoms with Gasteiger partial charge in [0.25, 0.3) is 0 Å². The molecule has 0 spiro atoms. The molecule has 0 saturated heterocycles. The van der Waals surface area contributed by atoms with Gasteiger partial charge in [0.05, 0.1) is 0 Å². The standard InChI is InChI=1S/C15H20N2O3/c1-10(2)13(14(18)19)16-15(20)17-8-7-11-5-3-4-6-12(11)9-17/h3-6,10,13H,7-9H2,1-2H3,(H,16,20)(H,18,19)/t13-/m1/s1. The summed E-state index contributed by atoms with van der Waals surface area (Å²) in [6, 6.07) is 6.87. The van der Waals surface area contributed by atoms with Crippen molar-refractivity contribution in [3.8, 4) is 0 Å². The molecule has 0 saturated carbocycles. The maximum atomic E-state index is 12.2. The molecule has 0 radical (unpaired) electrons. The monoisotopic (exact) mass is 276 g/mol. The molecule has 0 aliphatic carbocycles. The Morgan fingerprint density at radius 3 is 2.50 bits per heavy atom. The van der Waals surface area contributed by atoms with Gasteiger partial charge in [-0.25, -0.2) is 9.59 Å². The summed E-state index contributed by atoms with van der Waals surface area (Å²) in [5, 5.41) is 11.7. The summed E-state index contributed by atoms with van der Waals surface area (Å²) in [6.07, 6.45) is 0.809. The Hall–Kier alpha value is -2.04. The quantitative estimate of drug-likeness (QED) is 0.885. The van der Waals surface area contributed by atoms with Crippen LogP contribution in [0.2, 0.25) is 0 Å². The number of amides is 2. The molecule has 2 amide bonds. The van der Waals surface area contributed by atoms with E-state index in [1.165, 1.54) is 5.56 Å². The summed E-state index contributed by atoms with van der Waals surface area (Å²) >= 11 is 0. The van der Waals surface area contributed by atoms with Crippen molar-refractivity contribution in [1.29, 1.82) is 0 Å². The van der Waals surface area contributed by atoms with Crippen LogP contribution in [0.3, 0.4) is 0 Å². The number of nitrogens with one attached hydrogen (secondary N) is 1. The first-order valence-electron chi connectivity index (χ1n) is 6.84.